The first-order valence-corrected chi connectivity index (χ1v) is 32.8. The van der Waals surface area contributed by atoms with Crippen LogP contribution >= 0.6 is 23.2 Å². The molecule has 7 aliphatic rings. The number of fused-ring (bicyclic) bond motifs is 15. The van der Waals surface area contributed by atoms with E-state index in [2.05, 4.69) is 37.2 Å². The maximum Gasteiger partial charge on any atom is 0.330 e. The number of amides is 7. The van der Waals surface area contributed by atoms with Gasteiger partial charge in [-0.25, -0.2) is 4.79 Å². The number of benzene rings is 5. The molecule has 5 aromatic rings. The minimum atomic E-state index is -2.35. The number of carbonyl (C=O) groups excluding carboxylic acids is 7. The molecule has 36 heteroatoms. The Labute approximate surface area is 596 Å². The number of halogens is 2. The molecular weight excluding hydrogens is 1400 g/mol. The number of aliphatic hydroxyl groups excluding tert-OH is 7. The van der Waals surface area contributed by atoms with Crippen molar-refractivity contribution in [2.75, 3.05) is 20.8 Å². The van der Waals surface area contributed by atoms with Gasteiger partial charge in [0.2, 0.25) is 53.4 Å². The van der Waals surface area contributed by atoms with Gasteiger partial charge in [-0.05, 0) is 110 Å². The lowest BCUT2D eigenvalue weighted by molar-refractivity contribution is -0.333. The van der Waals surface area contributed by atoms with E-state index in [0.717, 1.165) is 73.8 Å². The number of nitrogens with one attached hydrogen (secondary N) is 7. The van der Waals surface area contributed by atoms with Gasteiger partial charge in [0.05, 0.1) is 41.3 Å². The fourth-order valence-electron chi connectivity index (χ4n) is 12.5. The van der Waals surface area contributed by atoms with E-state index in [9.17, 15) is 75.0 Å². The van der Waals surface area contributed by atoms with Crippen LogP contribution in [0.2, 0.25) is 10.0 Å². The molecule has 2 fully saturated rings. The molecule has 7 aliphatic heterocycles. The highest BCUT2D eigenvalue weighted by Gasteiger charge is 2.51. The number of nitrogens with two attached hydrogens (primary N) is 2. The van der Waals surface area contributed by atoms with Gasteiger partial charge in [-0.3, -0.25) is 33.6 Å². The molecule has 0 saturated carbocycles. The zero-order valence-electron chi connectivity index (χ0n) is 55.8. The number of hydrogen-bond donors (Lipinski definition) is 20. The Morgan fingerprint density at radius 1 is 0.709 bits per heavy atom. The van der Waals surface area contributed by atoms with Crippen molar-refractivity contribution in [3.8, 4) is 57.1 Å². The molecule has 12 rings (SSSR count). The molecule has 11 bridgehead atoms. The third-order valence-corrected chi connectivity index (χ3v) is 18.4. The molecule has 7 amide bonds. The number of aromatic hydroxyl groups is 3. The Morgan fingerprint density at radius 2 is 1.30 bits per heavy atom. The standard InChI is InChI=1S/C66H75Cl2N9O24.CH4O/c1-23(2)12-34(71-5)58(88)76-49-51(83)26-7-10-38(32(67)14-26)97-40-16-28-17-41(55(40)101-65-56(54(86)53(85)42(22-78)99-65)100-44-21-66(4,70)57(87)24(3)96-44)98-39-11-8-27(15-33(39)68)52(84)50-63(93)75-48(64(94)95)31-18-29(79)19-37(81)45(31)30-13-25(6-9-36(30)80)46(60(90)77-50)74-61(91)47(28)73-59(89)35(20-43(69)82)72-62(49)92;1-2/h6-11,13-19,23-24,34-35,42,44,46-54,56-57,65,71,78-81,83-87H,12,20-22,70H2,1-5H3,(H2,69,82)(H,72,92)(H,73,89)(H,74,91)(H,75,93)(H,76,88)(H,77,90)(H,94,95);2H,1H3. The molecule has 34 nitrogen and oxygen atoms in total. The molecule has 0 aliphatic carbocycles. The molecule has 22 N–H and O–H groups in total. The van der Waals surface area contributed by atoms with Crippen LogP contribution in [0.15, 0.2) is 78.9 Å². The average Bonchev–Trinajstić information content (AvgIpc) is 0.772. The first kappa shape index (κ1) is 77.9. The maximum absolute atomic E-state index is 16.0. The Hall–Kier alpha value is -9.24. The number of phenolic OH excluding ortho intramolecular Hbond substituents is 3. The van der Waals surface area contributed by atoms with Crippen molar-refractivity contribution in [3.63, 3.8) is 0 Å². The number of carboxylic acids is 1. The zero-order valence-corrected chi connectivity index (χ0v) is 57.3. The van der Waals surface area contributed by atoms with E-state index in [-0.39, 0.29) is 46.2 Å². The van der Waals surface area contributed by atoms with E-state index < -0.39 is 237 Å². The summed E-state index contributed by atoms with van der Waals surface area (Å²) < 4.78 is 38.3. The third-order valence-electron chi connectivity index (χ3n) is 17.8. The lowest BCUT2D eigenvalue weighted by Crippen LogP contribution is -2.64. The SMILES string of the molecule is CNC(CC(C)C)C(=O)NC1C(=O)NC(CC(N)=O)C(=O)NC2C(=O)NC3C(=O)NC(C(=O)NC(C(=O)O)c4cc(O)cc(O)c4-c4cc3ccc4O)C(O)c3ccc(c(Cl)c3)Oc3cc2cc(c3OC2OC(CO)C(O)C(O)C2OC2CC(C)(N)C(O)C(C)O2)Oc2ccc(cc2Cl)C1O.CO. The Bertz CT molecular complexity index is 4080. The van der Waals surface area contributed by atoms with Gasteiger partial charge in [-0.2, -0.15) is 0 Å². The third kappa shape index (κ3) is 16.9. The summed E-state index contributed by atoms with van der Waals surface area (Å²) in [7, 11) is 2.47. The number of aliphatic hydroxyl groups is 7. The van der Waals surface area contributed by atoms with Crippen LogP contribution in [-0.2, 0) is 52.6 Å². The largest absolute Gasteiger partial charge is 0.508 e. The van der Waals surface area contributed by atoms with Gasteiger partial charge in [-0.1, -0.05) is 55.2 Å². The number of ether oxygens (including phenoxy) is 6. The number of rotatable bonds is 13. The minimum Gasteiger partial charge on any atom is -0.508 e. The minimum absolute atomic E-state index is 0.0975. The van der Waals surface area contributed by atoms with Crippen LogP contribution in [0.4, 0.5) is 0 Å². The van der Waals surface area contributed by atoms with E-state index in [1.54, 1.807) is 0 Å². The summed E-state index contributed by atoms with van der Waals surface area (Å²) in [6.07, 6.45) is -18.6. The number of carbonyl (C=O) groups is 8. The van der Waals surface area contributed by atoms with Gasteiger partial charge >= 0.3 is 5.97 Å². The van der Waals surface area contributed by atoms with E-state index in [0.29, 0.717) is 0 Å². The zero-order chi connectivity index (χ0) is 75.5. The van der Waals surface area contributed by atoms with Crippen molar-refractivity contribution in [1.82, 2.24) is 37.2 Å². The van der Waals surface area contributed by atoms with E-state index in [1.165, 1.54) is 33.0 Å². The lowest BCUT2D eigenvalue weighted by Gasteiger charge is -2.47. The summed E-state index contributed by atoms with van der Waals surface area (Å²) in [4.78, 5) is 117. The average molecular weight is 1480 g/mol. The van der Waals surface area contributed by atoms with Crippen molar-refractivity contribution in [1.29, 1.82) is 0 Å². The van der Waals surface area contributed by atoms with Crippen molar-refractivity contribution >= 4 is 70.5 Å². The Kier molecular flexibility index (Phi) is 24.4. The molecule has 2 saturated heterocycles. The maximum atomic E-state index is 16.0. The Morgan fingerprint density at radius 3 is 1.87 bits per heavy atom. The van der Waals surface area contributed by atoms with Crippen molar-refractivity contribution in [3.05, 3.63) is 117 Å². The molecule has 18 unspecified atom stereocenters. The van der Waals surface area contributed by atoms with Crippen molar-refractivity contribution in [2.45, 2.75) is 156 Å². The number of phenols is 3. The number of hydrogen-bond acceptors (Lipinski definition) is 26. The molecule has 0 spiro atoms. The number of primary amides is 1. The van der Waals surface area contributed by atoms with Crippen LogP contribution in [-0.4, -0.2) is 203 Å². The Balaban J connectivity index is 0.00000611. The van der Waals surface area contributed by atoms with Crippen LogP contribution in [0.5, 0.6) is 46.0 Å². The first-order chi connectivity index (χ1) is 48.7. The van der Waals surface area contributed by atoms with E-state index in [4.69, 9.17) is 68.2 Å². The highest BCUT2D eigenvalue weighted by atomic mass is 35.5. The number of carboxylic acid groups (broad SMARTS) is 1. The second-order valence-electron chi connectivity index (χ2n) is 25.7. The van der Waals surface area contributed by atoms with Gasteiger partial charge in [0.25, 0.3) is 0 Å². The van der Waals surface area contributed by atoms with Crippen molar-refractivity contribution < 1.29 is 123 Å². The first-order valence-electron chi connectivity index (χ1n) is 32.1. The second kappa shape index (κ2) is 32.2. The van der Waals surface area contributed by atoms with Crippen LogP contribution in [0.3, 0.4) is 0 Å². The fourth-order valence-corrected chi connectivity index (χ4v) is 12.9. The molecular formula is C67H79Cl2N9O25. The van der Waals surface area contributed by atoms with Gasteiger partial charge in [0, 0.05) is 41.8 Å². The number of likely N-dealkylation sites (N-methyl/N-ethyl adjacent to an activating group) is 1. The predicted molar refractivity (Wildman–Crippen MR) is 357 cm³/mol. The summed E-state index contributed by atoms with van der Waals surface area (Å²) in [6.45, 7) is 5.66. The molecule has 0 radical (unpaired) electrons. The quantitative estimate of drug-likeness (QED) is 0.0720. The lowest BCUT2D eigenvalue weighted by atomic mass is 9.86. The van der Waals surface area contributed by atoms with Crippen molar-refractivity contribution in [2.24, 2.45) is 17.4 Å². The highest BCUT2D eigenvalue weighted by molar-refractivity contribution is 6.32. The molecule has 0 aromatic heterocycles. The van der Waals surface area contributed by atoms with E-state index in [1.807, 2.05) is 13.8 Å². The van der Waals surface area contributed by atoms with Gasteiger partial charge < -0.3 is 133 Å². The molecule has 103 heavy (non-hydrogen) atoms. The molecule has 5 aromatic carbocycles. The highest BCUT2D eigenvalue weighted by Crippen LogP contribution is 2.50. The second-order valence-corrected chi connectivity index (χ2v) is 26.5. The van der Waals surface area contributed by atoms with Crippen LogP contribution in [0.25, 0.3) is 11.1 Å². The van der Waals surface area contributed by atoms with Crippen LogP contribution < -0.4 is 62.9 Å². The summed E-state index contributed by atoms with van der Waals surface area (Å²) in [5, 5.41) is 138. The smallest absolute Gasteiger partial charge is 0.330 e. The molecule has 556 valence electrons. The summed E-state index contributed by atoms with van der Waals surface area (Å²) >= 11 is 14.1. The van der Waals surface area contributed by atoms with Gasteiger partial charge in [0.15, 0.2) is 29.9 Å². The summed E-state index contributed by atoms with van der Waals surface area (Å²) in [5.74, 6) is -16.0. The molecule has 7 heterocycles. The predicted octanol–water partition coefficient (Wildman–Crippen LogP) is -0.285. The van der Waals surface area contributed by atoms with Crippen LogP contribution in [0.1, 0.15) is 105 Å². The molecule has 18 atom stereocenters. The fraction of sp³-hybridized carbons (Fsp3) is 0.433. The van der Waals surface area contributed by atoms with Gasteiger partial charge in [-0.15, -0.1) is 0 Å². The normalized spacial score (nSPS) is 28.9. The van der Waals surface area contributed by atoms with Gasteiger partial charge in [0.1, 0.15) is 89.5 Å². The summed E-state index contributed by atoms with van der Waals surface area (Å²) in [5.41, 5.74) is 8.00. The monoisotopic (exact) mass is 1480 g/mol. The topological polar surface area (TPSA) is 551 Å². The summed E-state index contributed by atoms with van der Waals surface area (Å²) in [6, 6.07) is -0.679. The number of aliphatic carboxylic acids is 1. The van der Waals surface area contributed by atoms with E-state index >= 15 is 14.4 Å². The van der Waals surface area contributed by atoms with Crippen LogP contribution in [0, 0.1) is 5.92 Å².